The van der Waals surface area contributed by atoms with E-state index < -0.39 is 5.97 Å². The zero-order chi connectivity index (χ0) is 18.3. The molecule has 2 atom stereocenters. The minimum absolute atomic E-state index is 0.0118. The zero-order valence-electron chi connectivity index (χ0n) is 14.2. The highest BCUT2D eigenvalue weighted by atomic mass is 16.5. The number of carboxylic acid groups (broad SMARTS) is 1. The molecule has 0 bridgehead atoms. The van der Waals surface area contributed by atoms with Crippen molar-refractivity contribution in [2.24, 2.45) is 5.73 Å². The standard InChI is InChI=1S/C18H19N5O3/c1-10(13-4-2-3-11-7-12(8-19)26-16(11)13)21-15-5-6-23-17(22-15)14(9-20-23)18(24)25/h2-6,9-10,12H,7-8,19H2,1H3,(H,21,22)(H,24,25)/t10-,12?/m1/s1. The fraction of sp³-hybridized carbons (Fsp3) is 0.278. The van der Waals surface area contributed by atoms with Crippen LogP contribution in [0.25, 0.3) is 5.65 Å². The van der Waals surface area contributed by atoms with E-state index in [0.29, 0.717) is 18.0 Å². The lowest BCUT2D eigenvalue weighted by Crippen LogP contribution is -2.24. The number of aromatic carboxylic acids is 1. The summed E-state index contributed by atoms with van der Waals surface area (Å²) in [6.07, 6.45) is 3.80. The number of nitrogens with one attached hydrogen (secondary N) is 1. The summed E-state index contributed by atoms with van der Waals surface area (Å²) >= 11 is 0. The van der Waals surface area contributed by atoms with Gasteiger partial charge in [-0.3, -0.25) is 0 Å². The molecular formula is C18H19N5O3. The Morgan fingerprint density at radius 2 is 2.35 bits per heavy atom. The molecule has 26 heavy (non-hydrogen) atoms. The molecule has 1 unspecified atom stereocenters. The number of aromatic nitrogens is 3. The first-order valence-corrected chi connectivity index (χ1v) is 8.39. The van der Waals surface area contributed by atoms with Gasteiger partial charge in [-0.15, -0.1) is 0 Å². The molecule has 2 aromatic heterocycles. The van der Waals surface area contributed by atoms with Gasteiger partial charge in [-0.2, -0.15) is 5.10 Å². The van der Waals surface area contributed by atoms with E-state index in [1.54, 1.807) is 12.3 Å². The van der Waals surface area contributed by atoms with Gasteiger partial charge in [0.15, 0.2) is 5.65 Å². The first-order valence-electron chi connectivity index (χ1n) is 8.39. The smallest absolute Gasteiger partial charge is 0.341 e. The lowest BCUT2D eigenvalue weighted by molar-refractivity contribution is 0.0698. The van der Waals surface area contributed by atoms with Crippen molar-refractivity contribution in [3.8, 4) is 5.75 Å². The highest BCUT2D eigenvalue weighted by Gasteiger charge is 2.26. The Labute approximate surface area is 149 Å². The molecule has 8 heteroatoms. The summed E-state index contributed by atoms with van der Waals surface area (Å²) in [7, 11) is 0. The molecule has 4 rings (SSSR count). The number of benzene rings is 1. The fourth-order valence-electron chi connectivity index (χ4n) is 3.23. The number of rotatable bonds is 5. The predicted octanol–water partition coefficient (Wildman–Crippen LogP) is 1.86. The first kappa shape index (κ1) is 16.3. The van der Waals surface area contributed by atoms with Gasteiger partial charge in [0.05, 0.1) is 12.2 Å². The number of nitrogens with two attached hydrogens (primary N) is 1. The van der Waals surface area contributed by atoms with Gasteiger partial charge in [0, 0.05) is 24.7 Å². The normalized spacial score (nSPS) is 16.9. The van der Waals surface area contributed by atoms with Crippen molar-refractivity contribution in [2.45, 2.75) is 25.5 Å². The molecule has 1 aromatic carbocycles. The number of fused-ring (bicyclic) bond motifs is 2. The number of anilines is 1. The number of carbonyl (C=O) groups is 1. The third kappa shape index (κ3) is 2.74. The van der Waals surface area contributed by atoms with Crippen LogP contribution in [0.3, 0.4) is 0 Å². The molecule has 0 aliphatic carbocycles. The van der Waals surface area contributed by atoms with E-state index in [1.807, 2.05) is 19.1 Å². The van der Waals surface area contributed by atoms with Crippen LogP contribution >= 0.6 is 0 Å². The first-order chi connectivity index (χ1) is 12.6. The summed E-state index contributed by atoms with van der Waals surface area (Å²) in [4.78, 5) is 15.7. The summed E-state index contributed by atoms with van der Waals surface area (Å²) in [5.74, 6) is 0.387. The van der Waals surface area contributed by atoms with Gasteiger partial charge in [-0.1, -0.05) is 18.2 Å². The molecule has 0 amide bonds. The van der Waals surface area contributed by atoms with Gasteiger partial charge in [-0.25, -0.2) is 14.3 Å². The summed E-state index contributed by atoms with van der Waals surface area (Å²) in [6.45, 7) is 2.49. The second kappa shape index (κ2) is 6.30. The number of nitrogens with zero attached hydrogens (tertiary/aromatic N) is 3. The van der Waals surface area contributed by atoms with Crippen LogP contribution in [0, 0.1) is 0 Å². The molecule has 0 spiro atoms. The van der Waals surface area contributed by atoms with Crippen LogP contribution in [0.5, 0.6) is 5.75 Å². The van der Waals surface area contributed by atoms with E-state index >= 15 is 0 Å². The van der Waals surface area contributed by atoms with Gasteiger partial charge in [0.1, 0.15) is 23.2 Å². The Kier molecular flexibility index (Phi) is 3.96. The highest BCUT2D eigenvalue weighted by molar-refractivity contribution is 5.94. The average Bonchev–Trinajstić information content (AvgIpc) is 3.24. The maximum Gasteiger partial charge on any atom is 0.341 e. The van der Waals surface area contributed by atoms with Crippen molar-refractivity contribution >= 4 is 17.4 Å². The maximum atomic E-state index is 11.3. The lowest BCUT2D eigenvalue weighted by Gasteiger charge is -2.18. The molecule has 3 aromatic rings. The Bertz CT molecular complexity index is 984. The summed E-state index contributed by atoms with van der Waals surface area (Å²) in [6, 6.07) is 7.75. The Morgan fingerprint density at radius 3 is 3.12 bits per heavy atom. The number of hydrogen-bond acceptors (Lipinski definition) is 6. The molecule has 8 nitrogen and oxygen atoms in total. The van der Waals surface area contributed by atoms with E-state index in [4.69, 9.17) is 10.5 Å². The van der Waals surface area contributed by atoms with Gasteiger partial charge in [-0.05, 0) is 18.6 Å². The van der Waals surface area contributed by atoms with E-state index in [1.165, 1.54) is 10.7 Å². The predicted molar refractivity (Wildman–Crippen MR) is 95.6 cm³/mol. The Morgan fingerprint density at radius 1 is 1.50 bits per heavy atom. The number of ether oxygens (including phenoxy) is 1. The summed E-state index contributed by atoms with van der Waals surface area (Å²) < 4.78 is 7.42. The van der Waals surface area contributed by atoms with Crippen molar-refractivity contribution in [3.63, 3.8) is 0 Å². The largest absolute Gasteiger partial charge is 0.488 e. The van der Waals surface area contributed by atoms with Crippen LogP contribution in [0.4, 0.5) is 5.82 Å². The zero-order valence-corrected chi connectivity index (χ0v) is 14.2. The topological polar surface area (TPSA) is 115 Å². The number of carboxylic acids is 1. The summed E-state index contributed by atoms with van der Waals surface area (Å²) in [5.41, 5.74) is 8.27. The second-order valence-electron chi connectivity index (χ2n) is 6.33. The van der Waals surface area contributed by atoms with Crippen molar-refractivity contribution in [2.75, 3.05) is 11.9 Å². The molecule has 0 saturated carbocycles. The monoisotopic (exact) mass is 353 g/mol. The number of hydrogen-bond donors (Lipinski definition) is 3. The van der Waals surface area contributed by atoms with Crippen molar-refractivity contribution in [1.82, 2.24) is 14.6 Å². The molecule has 0 radical (unpaired) electrons. The Balaban J connectivity index is 1.62. The van der Waals surface area contributed by atoms with Crippen molar-refractivity contribution in [3.05, 3.63) is 53.3 Å². The van der Waals surface area contributed by atoms with E-state index in [2.05, 4.69) is 21.5 Å². The molecule has 134 valence electrons. The number of para-hydroxylation sites is 1. The van der Waals surface area contributed by atoms with Gasteiger partial charge < -0.3 is 20.9 Å². The van der Waals surface area contributed by atoms with Gasteiger partial charge >= 0.3 is 5.97 Å². The molecule has 4 N–H and O–H groups in total. The third-order valence-electron chi connectivity index (χ3n) is 4.55. The molecular weight excluding hydrogens is 334 g/mol. The van der Waals surface area contributed by atoms with E-state index in [9.17, 15) is 9.90 Å². The van der Waals surface area contributed by atoms with E-state index in [0.717, 1.165) is 23.3 Å². The summed E-state index contributed by atoms with van der Waals surface area (Å²) in [5, 5.41) is 16.5. The van der Waals surface area contributed by atoms with Gasteiger partial charge in [0.25, 0.3) is 0 Å². The Hall–Kier alpha value is -3.13. The SMILES string of the molecule is C[C@@H](Nc1ccn2ncc(C(=O)O)c2n1)c1cccc2c1OC(CN)C2. The minimum atomic E-state index is -1.06. The quantitative estimate of drug-likeness (QED) is 0.641. The highest BCUT2D eigenvalue weighted by Crippen LogP contribution is 2.36. The molecule has 3 heterocycles. The third-order valence-corrected chi connectivity index (χ3v) is 4.55. The van der Waals surface area contributed by atoms with Crippen LogP contribution < -0.4 is 15.8 Å². The average molecular weight is 353 g/mol. The van der Waals surface area contributed by atoms with Crippen LogP contribution in [0.2, 0.25) is 0 Å². The minimum Gasteiger partial charge on any atom is -0.488 e. The molecule has 1 aliphatic heterocycles. The van der Waals surface area contributed by atoms with Crippen molar-refractivity contribution < 1.29 is 14.6 Å². The van der Waals surface area contributed by atoms with E-state index in [-0.39, 0.29) is 17.7 Å². The second-order valence-corrected chi connectivity index (χ2v) is 6.33. The lowest BCUT2D eigenvalue weighted by atomic mass is 10.0. The molecule has 0 fully saturated rings. The van der Waals surface area contributed by atoms with Crippen LogP contribution in [-0.2, 0) is 6.42 Å². The molecule has 0 saturated heterocycles. The maximum absolute atomic E-state index is 11.3. The molecule has 1 aliphatic rings. The van der Waals surface area contributed by atoms with Gasteiger partial charge in [0.2, 0.25) is 0 Å². The van der Waals surface area contributed by atoms with Crippen LogP contribution in [0.15, 0.2) is 36.7 Å². The van der Waals surface area contributed by atoms with Crippen molar-refractivity contribution in [1.29, 1.82) is 0 Å². The van der Waals surface area contributed by atoms with Crippen LogP contribution in [-0.4, -0.2) is 38.3 Å². The van der Waals surface area contributed by atoms with Crippen LogP contribution in [0.1, 0.15) is 34.5 Å². The fourth-order valence-corrected chi connectivity index (χ4v) is 3.23.